The first-order valence-electron chi connectivity index (χ1n) is 12.7. The van der Waals surface area contributed by atoms with Crippen LogP contribution < -0.4 is 4.74 Å². The number of hydrogen-bond acceptors (Lipinski definition) is 7. The zero-order chi connectivity index (χ0) is 23.9. The summed E-state index contributed by atoms with van der Waals surface area (Å²) in [7, 11) is 1.48. The Morgan fingerprint density at radius 1 is 1.26 bits per heavy atom. The Balaban J connectivity index is 1.18. The average Bonchev–Trinajstić information content (AvgIpc) is 3.58. The van der Waals surface area contributed by atoms with Crippen LogP contribution in [0.1, 0.15) is 69.4 Å². The molecule has 1 aromatic carbocycles. The molecule has 1 spiro atoms. The molecule has 3 fully saturated rings. The fourth-order valence-electron chi connectivity index (χ4n) is 5.85. The van der Waals surface area contributed by atoms with Crippen molar-refractivity contribution in [1.82, 2.24) is 9.80 Å². The number of halogens is 1. The van der Waals surface area contributed by atoms with E-state index in [1.54, 1.807) is 0 Å². The molecule has 1 saturated carbocycles. The quantitative estimate of drug-likeness (QED) is 0.349. The average molecular weight is 581 g/mol. The summed E-state index contributed by atoms with van der Waals surface area (Å²) in [6.07, 6.45) is 6.08. The van der Waals surface area contributed by atoms with Crippen LogP contribution in [0.4, 0.5) is 0 Å². The molecule has 0 N–H and O–H groups in total. The smallest absolute Gasteiger partial charge is 0.308 e. The SMILES string of the molecule is CCOc1cc(CN2CC3(CC(N4CCC(C(=O)OC)CC4CC)=NO3)C2)cc(C2CC2)c1I. The van der Waals surface area contributed by atoms with Crippen molar-refractivity contribution in [3.8, 4) is 5.75 Å². The Labute approximate surface area is 216 Å². The number of piperidine rings is 1. The van der Waals surface area contributed by atoms with Gasteiger partial charge >= 0.3 is 5.97 Å². The summed E-state index contributed by atoms with van der Waals surface area (Å²) < 4.78 is 12.2. The van der Waals surface area contributed by atoms with E-state index in [0.29, 0.717) is 18.6 Å². The van der Waals surface area contributed by atoms with E-state index in [0.717, 1.165) is 63.4 Å². The molecule has 2 atom stereocenters. The highest BCUT2D eigenvalue weighted by Crippen LogP contribution is 2.45. The zero-order valence-electron chi connectivity index (χ0n) is 20.5. The maximum absolute atomic E-state index is 12.0. The number of methoxy groups -OCH3 is 1. The van der Waals surface area contributed by atoms with Crippen LogP contribution >= 0.6 is 22.6 Å². The lowest BCUT2D eigenvalue weighted by Gasteiger charge is -2.46. The zero-order valence-corrected chi connectivity index (χ0v) is 22.7. The van der Waals surface area contributed by atoms with Gasteiger partial charge in [-0.05, 0) is 84.7 Å². The molecule has 2 unspecified atom stereocenters. The molecule has 186 valence electrons. The molecule has 4 aliphatic rings. The first kappa shape index (κ1) is 24.2. The fourth-order valence-corrected chi connectivity index (χ4v) is 6.75. The van der Waals surface area contributed by atoms with Gasteiger partial charge in [-0.3, -0.25) is 9.69 Å². The summed E-state index contributed by atoms with van der Waals surface area (Å²) >= 11 is 2.45. The van der Waals surface area contributed by atoms with E-state index in [9.17, 15) is 4.79 Å². The Hall–Kier alpha value is -1.55. The number of carbonyl (C=O) groups is 1. The standard InChI is InChI=1S/C26H36IN3O4/c1-4-20-12-19(25(31)32-3)8-9-30(20)23-13-26(34-28-23)15-29(16-26)14-17-10-21(18-6-7-18)24(27)22(11-17)33-5-2/h10-11,18-20H,4-9,12-16H2,1-3H3. The number of rotatable bonds is 7. The lowest BCUT2D eigenvalue weighted by Crippen LogP contribution is -2.62. The molecule has 7 nitrogen and oxygen atoms in total. The lowest BCUT2D eigenvalue weighted by molar-refractivity contribution is -0.147. The highest BCUT2D eigenvalue weighted by molar-refractivity contribution is 14.1. The van der Waals surface area contributed by atoms with Crippen molar-refractivity contribution in [2.24, 2.45) is 11.1 Å². The molecule has 34 heavy (non-hydrogen) atoms. The molecule has 0 amide bonds. The predicted molar refractivity (Wildman–Crippen MR) is 139 cm³/mol. The summed E-state index contributed by atoms with van der Waals surface area (Å²) in [5, 5.41) is 4.54. The van der Waals surface area contributed by atoms with Gasteiger partial charge in [0.15, 0.2) is 5.60 Å². The van der Waals surface area contributed by atoms with Crippen LogP contribution in [0.25, 0.3) is 0 Å². The molecule has 0 aromatic heterocycles. The second kappa shape index (κ2) is 9.84. The van der Waals surface area contributed by atoms with Crippen LogP contribution in [0.15, 0.2) is 17.3 Å². The number of amidine groups is 1. The second-order valence-corrected chi connectivity index (χ2v) is 11.4. The van der Waals surface area contributed by atoms with Crippen molar-refractivity contribution in [1.29, 1.82) is 0 Å². The van der Waals surface area contributed by atoms with Gasteiger partial charge in [0, 0.05) is 32.2 Å². The van der Waals surface area contributed by atoms with E-state index >= 15 is 0 Å². The first-order valence-corrected chi connectivity index (χ1v) is 13.8. The number of likely N-dealkylation sites (tertiary alicyclic amines) is 2. The number of ether oxygens (including phenoxy) is 2. The number of esters is 1. The normalized spacial score (nSPS) is 26.1. The van der Waals surface area contributed by atoms with Crippen molar-refractivity contribution in [2.75, 3.05) is 33.4 Å². The topological polar surface area (TPSA) is 63.6 Å². The van der Waals surface area contributed by atoms with Crippen LogP contribution in [0, 0.1) is 9.49 Å². The molecule has 3 heterocycles. The summed E-state index contributed by atoms with van der Waals surface area (Å²) in [6.45, 7) is 8.47. The molecule has 0 bridgehead atoms. The maximum Gasteiger partial charge on any atom is 0.308 e. The molecule has 2 saturated heterocycles. The molecular formula is C26H36IN3O4. The minimum Gasteiger partial charge on any atom is -0.493 e. The summed E-state index contributed by atoms with van der Waals surface area (Å²) in [4.78, 5) is 22.9. The maximum atomic E-state index is 12.0. The third kappa shape index (κ3) is 4.76. The highest BCUT2D eigenvalue weighted by atomic mass is 127. The van der Waals surface area contributed by atoms with Crippen LogP contribution in [0.2, 0.25) is 0 Å². The minimum atomic E-state index is -0.196. The number of carbonyl (C=O) groups excluding carboxylic acids is 1. The van der Waals surface area contributed by atoms with E-state index in [2.05, 4.69) is 63.5 Å². The van der Waals surface area contributed by atoms with Gasteiger partial charge in [0.2, 0.25) is 0 Å². The van der Waals surface area contributed by atoms with Crippen LogP contribution in [0.3, 0.4) is 0 Å². The fraction of sp³-hybridized carbons (Fsp3) is 0.692. The van der Waals surface area contributed by atoms with Gasteiger partial charge in [0.05, 0.1) is 29.6 Å². The number of nitrogens with zero attached hydrogens (tertiary/aromatic N) is 3. The van der Waals surface area contributed by atoms with E-state index < -0.39 is 0 Å². The van der Waals surface area contributed by atoms with Crippen molar-refractivity contribution in [2.45, 2.75) is 76.5 Å². The molecule has 1 aliphatic carbocycles. The molecular weight excluding hydrogens is 545 g/mol. The van der Waals surface area contributed by atoms with E-state index in [1.807, 2.05) is 0 Å². The summed E-state index contributed by atoms with van der Waals surface area (Å²) in [5.41, 5.74) is 2.59. The van der Waals surface area contributed by atoms with Gasteiger partial charge in [-0.15, -0.1) is 0 Å². The third-order valence-electron chi connectivity index (χ3n) is 7.75. The molecule has 5 rings (SSSR count). The first-order chi connectivity index (χ1) is 16.4. The van der Waals surface area contributed by atoms with E-state index in [4.69, 9.17) is 14.3 Å². The molecule has 8 heteroatoms. The Morgan fingerprint density at radius 3 is 2.74 bits per heavy atom. The van der Waals surface area contributed by atoms with E-state index in [-0.39, 0.29) is 17.5 Å². The van der Waals surface area contributed by atoms with Crippen molar-refractivity contribution in [3.63, 3.8) is 0 Å². The molecule has 0 radical (unpaired) electrons. The number of oxime groups is 1. The van der Waals surface area contributed by atoms with Crippen LogP contribution in [0.5, 0.6) is 5.75 Å². The van der Waals surface area contributed by atoms with Crippen LogP contribution in [-0.2, 0) is 20.9 Å². The molecule has 1 aromatic rings. The van der Waals surface area contributed by atoms with Crippen molar-refractivity contribution in [3.05, 3.63) is 26.8 Å². The Kier molecular flexibility index (Phi) is 6.99. The van der Waals surface area contributed by atoms with E-state index in [1.165, 1.54) is 34.6 Å². The third-order valence-corrected chi connectivity index (χ3v) is 8.91. The van der Waals surface area contributed by atoms with Gasteiger partial charge in [0.1, 0.15) is 11.6 Å². The summed E-state index contributed by atoms with van der Waals surface area (Å²) in [5.74, 6) is 2.71. The van der Waals surface area contributed by atoms with Gasteiger partial charge in [0.25, 0.3) is 0 Å². The molecule has 3 aliphatic heterocycles. The predicted octanol–water partition coefficient (Wildman–Crippen LogP) is 4.52. The number of benzene rings is 1. The minimum absolute atomic E-state index is 0.00156. The largest absolute Gasteiger partial charge is 0.493 e. The summed E-state index contributed by atoms with van der Waals surface area (Å²) in [6, 6.07) is 4.93. The van der Waals surface area contributed by atoms with Crippen LogP contribution in [-0.4, -0.2) is 66.6 Å². The lowest BCUT2D eigenvalue weighted by atomic mass is 9.86. The Bertz CT molecular complexity index is 958. The van der Waals surface area contributed by atoms with Gasteiger partial charge in [-0.2, -0.15) is 0 Å². The van der Waals surface area contributed by atoms with Gasteiger partial charge < -0.3 is 19.2 Å². The second-order valence-electron chi connectivity index (χ2n) is 10.3. The highest BCUT2D eigenvalue weighted by Gasteiger charge is 2.51. The van der Waals surface area contributed by atoms with Gasteiger partial charge in [-0.1, -0.05) is 18.1 Å². The van der Waals surface area contributed by atoms with Crippen molar-refractivity contribution < 1.29 is 19.1 Å². The Morgan fingerprint density at radius 2 is 2.06 bits per heavy atom. The van der Waals surface area contributed by atoms with Crippen molar-refractivity contribution >= 4 is 34.4 Å². The monoisotopic (exact) mass is 581 g/mol. The number of hydrogen-bond donors (Lipinski definition) is 0. The van der Waals surface area contributed by atoms with Gasteiger partial charge in [-0.25, -0.2) is 0 Å².